The fourth-order valence-electron chi connectivity index (χ4n) is 3.88. The fourth-order valence-corrected chi connectivity index (χ4v) is 5.97. The first-order chi connectivity index (χ1) is 13.8. The molecule has 10 heteroatoms. The van der Waals surface area contributed by atoms with E-state index in [1.807, 2.05) is 22.6 Å². The molecule has 4 unspecified atom stereocenters. The van der Waals surface area contributed by atoms with Crippen LogP contribution in [-0.4, -0.2) is 49.5 Å². The summed E-state index contributed by atoms with van der Waals surface area (Å²) in [5.41, 5.74) is 0.685. The Hall–Kier alpha value is -1.89. The summed E-state index contributed by atoms with van der Waals surface area (Å²) in [6, 6.07) is 10.8. The topological polar surface area (TPSA) is 122 Å². The minimum absolute atomic E-state index is 0.123. The number of ether oxygens (including phenoxy) is 2. The van der Waals surface area contributed by atoms with E-state index in [1.54, 1.807) is 36.4 Å². The van der Waals surface area contributed by atoms with Crippen LogP contribution in [0.5, 0.6) is 11.5 Å². The highest BCUT2D eigenvalue weighted by Gasteiger charge is 2.51. The lowest BCUT2D eigenvalue weighted by molar-refractivity contribution is -0.139. The van der Waals surface area contributed by atoms with Gasteiger partial charge in [-0.25, -0.2) is 17.9 Å². The summed E-state index contributed by atoms with van der Waals surface area (Å²) in [5, 5.41) is 19.4. The summed E-state index contributed by atoms with van der Waals surface area (Å²) in [5.74, 6) is -0.840. The highest BCUT2D eigenvalue weighted by Crippen LogP contribution is 2.51. The van der Waals surface area contributed by atoms with Crippen molar-refractivity contribution in [3.8, 4) is 11.5 Å². The number of hydrogen-bond donors (Lipinski definition) is 3. The molecule has 1 aliphatic heterocycles. The molecule has 0 radical (unpaired) electrons. The first-order valence-corrected chi connectivity index (χ1v) is 11.4. The molecule has 4 rings (SSSR count). The third-order valence-electron chi connectivity index (χ3n) is 5.06. The maximum absolute atomic E-state index is 12.9. The normalized spacial score (nSPS) is 25.2. The van der Waals surface area contributed by atoms with Gasteiger partial charge < -0.3 is 19.7 Å². The molecule has 1 fully saturated rings. The number of carboxylic acid groups (broad SMARTS) is 1. The molecule has 0 amide bonds. The van der Waals surface area contributed by atoms with E-state index in [0.29, 0.717) is 11.3 Å². The van der Waals surface area contributed by atoms with E-state index in [1.165, 1.54) is 6.07 Å². The molecular weight excluding hydrogens is 513 g/mol. The van der Waals surface area contributed by atoms with Gasteiger partial charge in [0.2, 0.25) is 10.0 Å². The van der Waals surface area contributed by atoms with Crippen molar-refractivity contribution in [1.82, 2.24) is 4.72 Å². The largest absolute Gasteiger partial charge is 0.485 e. The number of rotatable bonds is 6. The average molecular weight is 531 g/mol. The van der Waals surface area contributed by atoms with E-state index < -0.39 is 46.8 Å². The first-order valence-electron chi connectivity index (χ1n) is 8.86. The number of sulfonamides is 1. The van der Waals surface area contributed by atoms with Gasteiger partial charge in [0.05, 0.1) is 17.0 Å². The molecule has 8 nitrogen and oxygen atoms in total. The number of aliphatic carboxylic acids is 1. The van der Waals surface area contributed by atoms with Gasteiger partial charge in [-0.2, -0.15) is 0 Å². The number of para-hydroxylation sites is 1. The van der Waals surface area contributed by atoms with Gasteiger partial charge in [0.15, 0.2) is 18.1 Å². The van der Waals surface area contributed by atoms with E-state index >= 15 is 0 Å². The summed E-state index contributed by atoms with van der Waals surface area (Å²) < 4.78 is 40.4. The number of carbonyl (C=O) groups is 1. The van der Waals surface area contributed by atoms with Crippen molar-refractivity contribution in [1.29, 1.82) is 0 Å². The minimum atomic E-state index is -3.85. The Bertz CT molecular complexity index is 1060. The van der Waals surface area contributed by atoms with E-state index in [2.05, 4.69) is 4.72 Å². The van der Waals surface area contributed by atoms with Crippen molar-refractivity contribution in [2.45, 2.75) is 35.5 Å². The molecule has 29 heavy (non-hydrogen) atoms. The molecule has 0 spiro atoms. The Balaban J connectivity index is 1.63. The smallest absolute Gasteiger partial charge is 0.341 e. The second-order valence-electron chi connectivity index (χ2n) is 6.95. The second kappa shape index (κ2) is 7.74. The SMILES string of the molecule is O=C(O)COc1cccc2c1OC1CC(O)C(NS(=O)(=O)c3cccc(I)c3)C21. The van der Waals surface area contributed by atoms with Gasteiger partial charge in [0, 0.05) is 21.5 Å². The quantitative estimate of drug-likeness (QED) is 0.486. The molecule has 3 N–H and O–H groups in total. The number of carboxylic acids is 1. The van der Waals surface area contributed by atoms with Crippen LogP contribution in [0.15, 0.2) is 47.4 Å². The summed E-state index contributed by atoms with van der Waals surface area (Å²) >= 11 is 2.04. The van der Waals surface area contributed by atoms with Gasteiger partial charge in [-0.3, -0.25) is 0 Å². The summed E-state index contributed by atoms with van der Waals surface area (Å²) in [6.45, 7) is -0.513. The van der Waals surface area contributed by atoms with Crippen LogP contribution in [0.3, 0.4) is 0 Å². The molecule has 1 aliphatic carbocycles. The monoisotopic (exact) mass is 531 g/mol. The summed E-state index contributed by atoms with van der Waals surface area (Å²) in [4.78, 5) is 10.9. The van der Waals surface area contributed by atoms with Gasteiger partial charge in [-0.1, -0.05) is 18.2 Å². The van der Waals surface area contributed by atoms with Crippen LogP contribution in [0.4, 0.5) is 0 Å². The Morgan fingerprint density at radius 3 is 2.76 bits per heavy atom. The van der Waals surface area contributed by atoms with Crippen molar-refractivity contribution in [3.63, 3.8) is 0 Å². The number of hydrogen-bond acceptors (Lipinski definition) is 6. The minimum Gasteiger partial charge on any atom is -0.485 e. The average Bonchev–Trinajstić information content (AvgIpc) is 3.16. The van der Waals surface area contributed by atoms with Gasteiger partial charge in [0.25, 0.3) is 0 Å². The highest BCUT2D eigenvalue weighted by molar-refractivity contribution is 14.1. The van der Waals surface area contributed by atoms with Crippen LogP contribution in [0.25, 0.3) is 0 Å². The number of nitrogens with one attached hydrogen (secondary N) is 1. The molecule has 0 bridgehead atoms. The van der Waals surface area contributed by atoms with Crippen LogP contribution < -0.4 is 14.2 Å². The first kappa shape index (κ1) is 20.4. The summed E-state index contributed by atoms with van der Waals surface area (Å²) in [6.07, 6.45) is -1.10. The van der Waals surface area contributed by atoms with Crippen LogP contribution in [0.2, 0.25) is 0 Å². The van der Waals surface area contributed by atoms with Crippen molar-refractivity contribution >= 4 is 38.6 Å². The van der Waals surface area contributed by atoms with E-state index in [9.17, 15) is 18.3 Å². The van der Waals surface area contributed by atoms with Crippen LogP contribution in [0, 0.1) is 3.57 Å². The molecule has 0 aromatic heterocycles. The molecular formula is C19H18INO7S. The van der Waals surface area contributed by atoms with Crippen molar-refractivity contribution < 1.29 is 32.9 Å². The molecule has 1 heterocycles. The van der Waals surface area contributed by atoms with E-state index in [4.69, 9.17) is 14.6 Å². The molecule has 2 aliphatic rings. The van der Waals surface area contributed by atoms with Crippen LogP contribution in [0.1, 0.15) is 17.9 Å². The third-order valence-corrected chi connectivity index (χ3v) is 7.19. The Morgan fingerprint density at radius 1 is 1.28 bits per heavy atom. The molecule has 0 saturated heterocycles. The lowest BCUT2D eigenvalue weighted by Gasteiger charge is -2.22. The zero-order chi connectivity index (χ0) is 20.8. The second-order valence-corrected chi connectivity index (χ2v) is 9.91. The maximum atomic E-state index is 12.9. The number of benzene rings is 2. The zero-order valence-electron chi connectivity index (χ0n) is 15.0. The Morgan fingerprint density at radius 2 is 2.03 bits per heavy atom. The number of aliphatic hydroxyl groups is 1. The van der Waals surface area contributed by atoms with Crippen molar-refractivity contribution in [2.75, 3.05) is 6.61 Å². The standard InChI is InChI=1S/C19H18INO7S/c20-10-3-1-4-11(7-10)29(25,26)21-18-13(22)8-15-17(18)12-5-2-6-14(19(12)28-15)27-9-16(23)24/h1-7,13,15,17-18,21-22H,8-9H2,(H,23,24). The van der Waals surface area contributed by atoms with E-state index in [0.717, 1.165) is 3.57 Å². The predicted octanol–water partition coefficient (Wildman–Crippen LogP) is 1.71. The number of halogens is 1. The lowest BCUT2D eigenvalue weighted by atomic mass is 9.94. The molecule has 2 aromatic rings. The van der Waals surface area contributed by atoms with Gasteiger partial charge >= 0.3 is 5.97 Å². The lowest BCUT2D eigenvalue weighted by Crippen LogP contribution is -2.43. The van der Waals surface area contributed by atoms with Crippen LogP contribution in [-0.2, 0) is 14.8 Å². The molecule has 2 aromatic carbocycles. The van der Waals surface area contributed by atoms with Crippen molar-refractivity contribution in [2.24, 2.45) is 0 Å². The Labute approximate surface area is 181 Å². The maximum Gasteiger partial charge on any atom is 0.341 e. The van der Waals surface area contributed by atoms with Crippen molar-refractivity contribution in [3.05, 3.63) is 51.6 Å². The zero-order valence-corrected chi connectivity index (χ0v) is 18.0. The van der Waals surface area contributed by atoms with E-state index in [-0.39, 0.29) is 17.1 Å². The molecule has 4 atom stereocenters. The predicted molar refractivity (Wildman–Crippen MR) is 111 cm³/mol. The molecule has 1 saturated carbocycles. The number of fused-ring (bicyclic) bond motifs is 3. The van der Waals surface area contributed by atoms with Crippen LogP contribution >= 0.6 is 22.6 Å². The fraction of sp³-hybridized carbons (Fsp3) is 0.316. The highest BCUT2D eigenvalue weighted by atomic mass is 127. The number of aliphatic hydroxyl groups excluding tert-OH is 1. The summed E-state index contributed by atoms with van der Waals surface area (Å²) in [7, 11) is -3.85. The van der Waals surface area contributed by atoms with Gasteiger partial charge in [-0.05, 0) is 46.9 Å². The molecule has 154 valence electrons. The van der Waals surface area contributed by atoms with Gasteiger partial charge in [-0.15, -0.1) is 0 Å². The third kappa shape index (κ3) is 3.93. The Kier molecular flexibility index (Phi) is 5.44. The van der Waals surface area contributed by atoms with Gasteiger partial charge in [0.1, 0.15) is 6.10 Å².